The maximum atomic E-state index is 11.2. The first-order valence-corrected chi connectivity index (χ1v) is 6.18. The molecule has 1 heterocycles. The molecule has 0 fully saturated rings. The van der Waals surface area contributed by atoms with Gasteiger partial charge in [0.2, 0.25) is 5.91 Å². The number of pyridine rings is 1. The van der Waals surface area contributed by atoms with Crippen LogP contribution in [0.3, 0.4) is 0 Å². The molecule has 0 spiro atoms. The summed E-state index contributed by atoms with van der Waals surface area (Å²) in [5, 5.41) is 3.62. The summed E-state index contributed by atoms with van der Waals surface area (Å²) >= 11 is 0. The Morgan fingerprint density at radius 1 is 1.37 bits per heavy atom. The summed E-state index contributed by atoms with van der Waals surface area (Å²) in [6.07, 6.45) is 0.453. The molecule has 5 heteroatoms. The van der Waals surface area contributed by atoms with E-state index in [9.17, 15) is 4.79 Å². The standard InChI is InChI=1S/C14H18N4O/c1-16-14(19)7-8-18(2)13-6-3-10-9-11(15)4-5-12(10)17-13/h3-6,9H,7-8,15H2,1-2H3,(H,16,19). The van der Waals surface area contributed by atoms with Crippen molar-refractivity contribution in [3.8, 4) is 0 Å². The molecule has 0 atom stereocenters. The number of aromatic nitrogens is 1. The fourth-order valence-electron chi connectivity index (χ4n) is 1.85. The molecule has 3 N–H and O–H groups in total. The van der Waals surface area contributed by atoms with Crippen molar-refractivity contribution in [3.63, 3.8) is 0 Å². The fourth-order valence-corrected chi connectivity index (χ4v) is 1.85. The first-order valence-electron chi connectivity index (χ1n) is 6.18. The van der Waals surface area contributed by atoms with Crippen LogP contribution in [0.2, 0.25) is 0 Å². The van der Waals surface area contributed by atoms with Crippen LogP contribution in [-0.2, 0) is 4.79 Å². The number of nitrogens with one attached hydrogen (secondary N) is 1. The topological polar surface area (TPSA) is 71.2 Å². The van der Waals surface area contributed by atoms with E-state index >= 15 is 0 Å². The molecule has 1 aromatic heterocycles. The summed E-state index contributed by atoms with van der Waals surface area (Å²) in [6.45, 7) is 0.632. The average Bonchev–Trinajstić information content (AvgIpc) is 2.43. The van der Waals surface area contributed by atoms with Crippen molar-refractivity contribution >= 4 is 28.3 Å². The van der Waals surface area contributed by atoms with Gasteiger partial charge >= 0.3 is 0 Å². The molecule has 0 unspecified atom stereocenters. The molecule has 2 aromatic rings. The third-order valence-electron chi connectivity index (χ3n) is 3.04. The highest BCUT2D eigenvalue weighted by atomic mass is 16.1. The number of nitrogens with zero attached hydrogens (tertiary/aromatic N) is 2. The molecule has 0 aliphatic rings. The van der Waals surface area contributed by atoms with E-state index in [1.165, 1.54) is 0 Å². The van der Waals surface area contributed by atoms with Crippen molar-refractivity contribution < 1.29 is 4.79 Å². The molecule has 1 amide bonds. The van der Waals surface area contributed by atoms with Crippen molar-refractivity contribution in [2.75, 3.05) is 31.3 Å². The van der Waals surface area contributed by atoms with Gasteiger partial charge in [0.25, 0.3) is 0 Å². The second-order valence-corrected chi connectivity index (χ2v) is 4.47. The summed E-state index contributed by atoms with van der Waals surface area (Å²) in [7, 11) is 3.56. The van der Waals surface area contributed by atoms with Crippen LogP contribution in [-0.4, -0.2) is 31.5 Å². The van der Waals surface area contributed by atoms with Gasteiger partial charge in [-0.1, -0.05) is 0 Å². The van der Waals surface area contributed by atoms with Crippen LogP contribution in [0.15, 0.2) is 30.3 Å². The van der Waals surface area contributed by atoms with Crippen molar-refractivity contribution in [2.45, 2.75) is 6.42 Å². The molecule has 2 rings (SSSR count). The number of anilines is 2. The monoisotopic (exact) mass is 258 g/mol. The SMILES string of the molecule is CNC(=O)CCN(C)c1ccc2cc(N)ccc2n1. The molecule has 0 aliphatic carbocycles. The number of fused-ring (bicyclic) bond motifs is 1. The number of hydrogen-bond acceptors (Lipinski definition) is 4. The summed E-state index contributed by atoms with van der Waals surface area (Å²) in [4.78, 5) is 17.7. The van der Waals surface area contributed by atoms with Gasteiger partial charge in [0.05, 0.1) is 5.52 Å². The smallest absolute Gasteiger partial charge is 0.221 e. The minimum absolute atomic E-state index is 0.0282. The Morgan fingerprint density at radius 2 is 2.16 bits per heavy atom. The Hall–Kier alpha value is -2.30. The van der Waals surface area contributed by atoms with Gasteiger partial charge in [-0.05, 0) is 30.3 Å². The average molecular weight is 258 g/mol. The highest BCUT2D eigenvalue weighted by Crippen LogP contribution is 2.19. The zero-order valence-corrected chi connectivity index (χ0v) is 11.2. The van der Waals surface area contributed by atoms with Gasteiger partial charge in [-0.15, -0.1) is 0 Å². The Labute approximate surface area is 112 Å². The van der Waals surface area contributed by atoms with Gasteiger partial charge in [0, 0.05) is 38.1 Å². The van der Waals surface area contributed by atoms with Crippen LogP contribution in [0.5, 0.6) is 0 Å². The molecule has 0 bridgehead atoms. The zero-order valence-electron chi connectivity index (χ0n) is 11.2. The molecule has 0 aliphatic heterocycles. The molecular weight excluding hydrogens is 240 g/mol. The van der Waals surface area contributed by atoms with Gasteiger partial charge in [-0.3, -0.25) is 4.79 Å². The number of carbonyl (C=O) groups excluding carboxylic acids is 1. The molecule has 100 valence electrons. The van der Waals surface area contributed by atoms with Gasteiger partial charge < -0.3 is 16.0 Å². The third kappa shape index (κ3) is 3.13. The summed E-state index contributed by atoms with van der Waals surface area (Å²) in [5.74, 6) is 0.876. The van der Waals surface area contributed by atoms with E-state index in [-0.39, 0.29) is 5.91 Å². The van der Waals surface area contributed by atoms with Crippen LogP contribution in [0.1, 0.15) is 6.42 Å². The zero-order chi connectivity index (χ0) is 13.8. The number of benzene rings is 1. The largest absolute Gasteiger partial charge is 0.399 e. The Morgan fingerprint density at radius 3 is 2.89 bits per heavy atom. The molecular formula is C14H18N4O. The number of rotatable bonds is 4. The maximum absolute atomic E-state index is 11.2. The first kappa shape index (κ1) is 13.1. The molecule has 19 heavy (non-hydrogen) atoms. The van der Waals surface area contributed by atoms with Crippen molar-refractivity contribution in [1.29, 1.82) is 0 Å². The molecule has 0 saturated carbocycles. The first-order chi connectivity index (χ1) is 9.10. The Kier molecular flexibility index (Phi) is 3.85. The normalized spacial score (nSPS) is 10.4. The van der Waals surface area contributed by atoms with E-state index in [0.717, 1.165) is 22.4 Å². The summed E-state index contributed by atoms with van der Waals surface area (Å²) in [5.41, 5.74) is 7.37. The molecule has 5 nitrogen and oxygen atoms in total. The third-order valence-corrected chi connectivity index (χ3v) is 3.04. The van der Waals surface area contributed by atoms with Crippen LogP contribution in [0, 0.1) is 0 Å². The van der Waals surface area contributed by atoms with Crippen LogP contribution < -0.4 is 16.0 Å². The number of carbonyl (C=O) groups is 1. The van der Waals surface area contributed by atoms with E-state index in [0.29, 0.717) is 13.0 Å². The second-order valence-electron chi connectivity index (χ2n) is 4.47. The predicted molar refractivity (Wildman–Crippen MR) is 78.1 cm³/mol. The van der Waals surface area contributed by atoms with Crippen molar-refractivity contribution in [2.24, 2.45) is 0 Å². The van der Waals surface area contributed by atoms with Gasteiger partial charge in [-0.2, -0.15) is 0 Å². The van der Waals surface area contributed by atoms with E-state index in [4.69, 9.17) is 5.73 Å². The predicted octanol–water partition coefficient (Wildman–Crippen LogP) is 1.39. The van der Waals surface area contributed by atoms with E-state index in [1.54, 1.807) is 7.05 Å². The second kappa shape index (κ2) is 5.56. The number of amides is 1. The quantitative estimate of drug-likeness (QED) is 0.813. The van der Waals surface area contributed by atoms with Crippen LogP contribution >= 0.6 is 0 Å². The summed E-state index contributed by atoms with van der Waals surface area (Å²) < 4.78 is 0. The van der Waals surface area contributed by atoms with Crippen LogP contribution in [0.4, 0.5) is 11.5 Å². The molecule has 0 radical (unpaired) electrons. The Bertz CT molecular complexity index is 597. The van der Waals surface area contributed by atoms with Gasteiger partial charge in [-0.25, -0.2) is 4.98 Å². The van der Waals surface area contributed by atoms with Crippen molar-refractivity contribution in [1.82, 2.24) is 10.3 Å². The lowest BCUT2D eigenvalue weighted by molar-refractivity contribution is -0.120. The van der Waals surface area contributed by atoms with Gasteiger partial charge in [0.15, 0.2) is 0 Å². The van der Waals surface area contributed by atoms with Gasteiger partial charge in [0.1, 0.15) is 5.82 Å². The number of nitrogens with two attached hydrogens (primary N) is 1. The summed E-state index contributed by atoms with van der Waals surface area (Å²) in [6, 6.07) is 9.57. The lowest BCUT2D eigenvalue weighted by Crippen LogP contribution is -2.26. The van der Waals surface area contributed by atoms with E-state index < -0.39 is 0 Å². The highest BCUT2D eigenvalue weighted by Gasteiger charge is 2.06. The lowest BCUT2D eigenvalue weighted by atomic mass is 10.2. The Balaban J connectivity index is 2.16. The van der Waals surface area contributed by atoms with Crippen LogP contribution in [0.25, 0.3) is 10.9 Å². The van der Waals surface area contributed by atoms with E-state index in [1.807, 2.05) is 42.3 Å². The minimum Gasteiger partial charge on any atom is -0.399 e. The highest BCUT2D eigenvalue weighted by molar-refractivity contribution is 5.83. The number of hydrogen-bond donors (Lipinski definition) is 2. The fraction of sp³-hybridized carbons (Fsp3) is 0.286. The van der Waals surface area contributed by atoms with E-state index in [2.05, 4.69) is 10.3 Å². The lowest BCUT2D eigenvalue weighted by Gasteiger charge is -2.18. The molecule has 1 aromatic carbocycles. The minimum atomic E-state index is 0.0282. The molecule has 0 saturated heterocycles. The van der Waals surface area contributed by atoms with Crippen molar-refractivity contribution in [3.05, 3.63) is 30.3 Å². The number of nitrogen functional groups attached to an aromatic ring is 1. The maximum Gasteiger partial charge on any atom is 0.221 e.